The molecular weight excluding hydrogens is 320 g/mol. The van der Waals surface area contributed by atoms with E-state index >= 15 is 0 Å². The summed E-state index contributed by atoms with van der Waals surface area (Å²) in [6, 6.07) is 14.9. The second-order valence-electron chi connectivity index (χ2n) is 5.96. The van der Waals surface area contributed by atoms with Crippen molar-refractivity contribution in [2.24, 2.45) is 5.92 Å². The summed E-state index contributed by atoms with van der Waals surface area (Å²) < 4.78 is 5.69. The van der Waals surface area contributed by atoms with E-state index in [1.165, 1.54) is 0 Å². The van der Waals surface area contributed by atoms with Gasteiger partial charge in [-0.25, -0.2) is 0 Å². The lowest BCUT2D eigenvalue weighted by molar-refractivity contribution is 0.0977. The van der Waals surface area contributed by atoms with Crippen LogP contribution in [0.3, 0.4) is 0 Å². The van der Waals surface area contributed by atoms with Gasteiger partial charge in [0.1, 0.15) is 5.75 Å². The molecule has 0 heterocycles. The van der Waals surface area contributed by atoms with Gasteiger partial charge < -0.3 is 10.1 Å². The SMILES string of the molecule is Cc1ccccc1C(=O)NC(=S)Nc1cccc(OCC(C)C)c1. The molecule has 0 atom stereocenters. The third kappa shape index (κ3) is 5.35. The molecule has 0 aromatic heterocycles. The molecule has 0 aliphatic carbocycles. The Morgan fingerprint density at radius 1 is 1.17 bits per heavy atom. The van der Waals surface area contributed by atoms with Gasteiger partial charge in [-0.05, 0) is 48.8 Å². The lowest BCUT2D eigenvalue weighted by Crippen LogP contribution is -2.34. The van der Waals surface area contributed by atoms with Crippen LogP contribution in [0.2, 0.25) is 0 Å². The molecule has 2 N–H and O–H groups in total. The van der Waals surface area contributed by atoms with Crippen molar-refractivity contribution in [3.05, 3.63) is 59.7 Å². The molecule has 126 valence electrons. The van der Waals surface area contributed by atoms with Crippen molar-refractivity contribution in [3.8, 4) is 5.75 Å². The van der Waals surface area contributed by atoms with E-state index in [2.05, 4.69) is 24.5 Å². The first-order valence-corrected chi connectivity index (χ1v) is 8.27. The molecule has 0 unspecified atom stereocenters. The number of rotatable bonds is 5. The normalized spacial score (nSPS) is 10.3. The number of hydrogen-bond donors (Lipinski definition) is 2. The monoisotopic (exact) mass is 342 g/mol. The summed E-state index contributed by atoms with van der Waals surface area (Å²) in [6.07, 6.45) is 0. The highest BCUT2D eigenvalue weighted by atomic mass is 32.1. The molecule has 0 aliphatic rings. The molecule has 2 aromatic carbocycles. The minimum Gasteiger partial charge on any atom is -0.493 e. The van der Waals surface area contributed by atoms with Gasteiger partial charge in [-0.15, -0.1) is 0 Å². The number of carbonyl (C=O) groups excluding carboxylic acids is 1. The van der Waals surface area contributed by atoms with Crippen molar-refractivity contribution in [1.82, 2.24) is 5.32 Å². The highest BCUT2D eigenvalue weighted by Gasteiger charge is 2.10. The number of ether oxygens (including phenoxy) is 1. The summed E-state index contributed by atoms with van der Waals surface area (Å²) in [6.45, 7) is 6.73. The third-order valence-electron chi connectivity index (χ3n) is 3.29. The Morgan fingerprint density at radius 3 is 2.62 bits per heavy atom. The zero-order valence-corrected chi connectivity index (χ0v) is 14.9. The number of anilines is 1. The van der Waals surface area contributed by atoms with Crippen LogP contribution in [0, 0.1) is 12.8 Å². The topological polar surface area (TPSA) is 50.4 Å². The lowest BCUT2D eigenvalue weighted by Gasteiger charge is -2.13. The zero-order chi connectivity index (χ0) is 17.5. The number of hydrogen-bond acceptors (Lipinski definition) is 3. The van der Waals surface area contributed by atoms with Crippen molar-refractivity contribution in [1.29, 1.82) is 0 Å². The molecule has 0 spiro atoms. The minimum absolute atomic E-state index is 0.224. The van der Waals surface area contributed by atoms with E-state index in [1.807, 2.05) is 49.4 Å². The molecule has 1 amide bonds. The van der Waals surface area contributed by atoms with E-state index < -0.39 is 0 Å². The Kier molecular flexibility index (Phi) is 6.32. The first-order chi connectivity index (χ1) is 11.5. The van der Waals surface area contributed by atoms with Gasteiger partial charge in [-0.2, -0.15) is 0 Å². The molecule has 0 aliphatic heterocycles. The van der Waals surface area contributed by atoms with Crippen LogP contribution < -0.4 is 15.4 Å². The number of thiocarbonyl (C=S) groups is 1. The molecule has 0 fully saturated rings. The van der Waals surface area contributed by atoms with Gasteiger partial charge in [0.25, 0.3) is 5.91 Å². The molecule has 0 saturated heterocycles. The van der Waals surface area contributed by atoms with Gasteiger partial charge in [0.05, 0.1) is 6.61 Å². The molecule has 2 rings (SSSR count). The highest BCUT2D eigenvalue weighted by molar-refractivity contribution is 7.80. The van der Waals surface area contributed by atoms with Crippen LogP contribution in [0.5, 0.6) is 5.75 Å². The van der Waals surface area contributed by atoms with Crippen LogP contribution in [0.4, 0.5) is 5.69 Å². The van der Waals surface area contributed by atoms with E-state index in [0.717, 1.165) is 17.0 Å². The number of aryl methyl sites for hydroxylation is 1. The number of nitrogens with one attached hydrogen (secondary N) is 2. The average molecular weight is 342 g/mol. The summed E-state index contributed by atoms with van der Waals surface area (Å²) in [5, 5.41) is 5.96. The standard InChI is InChI=1S/C19H22N2O2S/c1-13(2)12-23-16-9-6-8-15(11-16)20-19(24)21-18(22)17-10-5-4-7-14(17)3/h4-11,13H,12H2,1-3H3,(H2,20,21,22,24). The van der Waals surface area contributed by atoms with Crippen LogP contribution in [0.15, 0.2) is 48.5 Å². The minimum atomic E-state index is -0.224. The third-order valence-corrected chi connectivity index (χ3v) is 3.50. The summed E-state index contributed by atoms with van der Waals surface area (Å²) in [7, 11) is 0. The van der Waals surface area contributed by atoms with E-state index in [-0.39, 0.29) is 11.0 Å². The molecule has 24 heavy (non-hydrogen) atoms. The van der Waals surface area contributed by atoms with Gasteiger partial charge in [0, 0.05) is 17.3 Å². The largest absolute Gasteiger partial charge is 0.493 e. The van der Waals surface area contributed by atoms with Crippen LogP contribution in [-0.2, 0) is 0 Å². The molecular formula is C19H22N2O2S. The molecule has 2 aromatic rings. The van der Waals surface area contributed by atoms with E-state index in [9.17, 15) is 4.79 Å². The molecule has 0 radical (unpaired) electrons. The van der Waals surface area contributed by atoms with Gasteiger partial charge >= 0.3 is 0 Å². The lowest BCUT2D eigenvalue weighted by atomic mass is 10.1. The summed E-state index contributed by atoms with van der Waals surface area (Å²) in [5.41, 5.74) is 2.28. The number of benzene rings is 2. The second-order valence-corrected chi connectivity index (χ2v) is 6.36. The first-order valence-electron chi connectivity index (χ1n) is 7.86. The van der Waals surface area contributed by atoms with Crippen LogP contribution in [0.1, 0.15) is 29.8 Å². The highest BCUT2D eigenvalue weighted by Crippen LogP contribution is 2.18. The first kappa shape index (κ1) is 17.9. The van der Waals surface area contributed by atoms with Crippen molar-refractivity contribution in [2.45, 2.75) is 20.8 Å². The Bertz CT molecular complexity index is 729. The quantitative estimate of drug-likeness (QED) is 0.801. The van der Waals surface area contributed by atoms with Crippen molar-refractivity contribution in [2.75, 3.05) is 11.9 Å². The fourth-order valence-electron chi connectivity index (χ4n) is 2.09. The van der Waals surface area contributed by atoms with Crippen LogP contribution in [0.25, 0.3) is 0 Å². The average Bonchev–Trinajstić information content (AvgIpc) is 2.53. The van der Waals surface area contributed by atoms with Gasteiger partial charge in [0.2, 0.25) is 0 Å². The number of carbonyl (C=O) groups is 1. The fourth-order valence-corrected chi connectivity index (χ4v) is 2.30. The van der Waals surface area contributed by atoms with E-state index in [4.69, 9.17) is 17.0 Å². The van der Waals surface area contributed by atoms with E-state index in [1.54, 1.807) is 6.07 Å². The van der Waals surface area contributed by atoms with Crippen molar-refractivity contribution in [3.63, 3.8) is 0 Å². The van der Waals surface area contributed by atoms with Gasteiger partial charge in [-0.1, -0.05) is 38.1 Å². The maximum absolute atomic E-state index is 12.2. The smallest absolute Gasteiger partial charge is 0.257 e. The van der Waals surface area contributed by atoms with Crippen LogP contribution >= 0.6 is 12.2 Å². The predicted molar refractivity (Wildman–Crippen MR) is 102 cm³/mol. The summed E-state index contributed by atoms with van der Waals surface area (Å²) >= 11 is 5.22. The molecule has 5 heteroatoms. The maximum Gasteiger partial charge on any atom is 0.257 e. The van der Waals surface area contributed by atoms with Gasteiger partial charge in [-0.3, -0.25) is 10.1 Å². The molecule has 0 bridgehead atoms. The summed E-state index contributed by atoms with van der Waals surface area (Å²) in [4.78, 5) is 12.2. The Labute approximate surface area is 148 Å². The zero-order valence-electron chi connectivity index (χ0n) is 14.1. The Morgan fingerprint density at radius 2 is 1.92 bits per heavy atom. The van der Waals surface area contributed by atoms with Gasteiger partial charge in [0.15, 0.2) is 5.11 Å². The Hall–Kier alpha value is -2.40. The van der Waals surface area contributed by atoms with E-state index in [0.29, 0.717) is 18.1 Å². The molecule has 4 nitrogen and oxygen atoms in total. The van der Waals surface area contributed by atoms with Crippen molar-refractivity contribution >= 4 is 28.9 Å². The fraction of sp³-hybridized carbons (Fsp3) is 0.263. The van der Waals surface area contributed by atoms with Crippen molar-refractivity contribution < 1.29 is 9.53 Å². The Balaban J connectivity index is 1.96. The predicted octanol–water partition coefficient (Wildman–Crippen LogP) is 4.16. The number of amides is 1. The maximum atomic E-state index is 12.2. The van der Waals surface area contributed by atoms with Crippen LogP contribution in [-0.4, -0.2) is 17.6 Å². The molecule has 0 saturated carbocycles. The second kappa shape index (κ2) is 8.45. The summed E-state index contributed by atoms with van der Waals surface area (Å²) in [5.74, 6) is 0.996.